The number of pyridine rings is 1. The van der Waals surface area contributed by atoms with E-state index in [-0.39, 0.29) is 0 Å². The van der Waals surface area contributed by atoms with E-state index in [2.05, 4.69) is 85.4 Å². The van der Waals surface area contributed by atoms with Gasteiger partial charge in [-0.3, -0.25) is 0 Å². The van der Waals surface area contributed by atoms with Crippen LogP contribution >= 0.6 is 0 Å². The van der Waals surface area contributed by atoms with Crippen LogP contribution < -0.4 is 4.57 Å². The van der Waals surface area contributed by atoms with Crippen molar-refractivity contribution in [1.29, 1.82) is 0 Å². The second kappa shape index (κ2) is 7.23. The maximum Gasteiger partial charge on any atom is 0.216 e. The van der Waals surface area contributed by atoms with E-state index in [0.29, 0.717) is 5.92 Å². The first-order chi connectivity index (χ1) is 15.2. The van der Waals surface area contributed by atoms with E-state index in [1.54, 1.807) is 0 Å². The number of fused-ring (bicyclic) bond motifs is 4. The van der Waals surface area contributed by atoms with Crippen LogP contribution in [0.2, 0.25) is 0 Å². The molecule has 0 unspecified atom stereocenters. The van der Waals surface area contributed by atoms with Gasteiger partial charge in [-0.2, -0.15) is 0 Å². The summed E-state index contributed by atoms with van der Waals surface area (Å²) in [5.41, 5.74) is 7.17. The highest BCUT2D eigenvalue weighted by Crippen LogP contribution is 2.40. The number of nitrogens with zero attached hydrogens (tertiary/aromatic N) is 1. The van der Waals surface area contributed by atoms with Gasteiger partial charge in [-0.1, -0.05) is 55.7 Å². The number of aryl methyl sites for hydroxylation is 2. The summed E-state index contributed by atoms with van der Waals surface area (Å²) in [6.07, 6.45) is 8.95. The Balaban J connectivity index is 1.60. The first-order valence-corrected chi connectivity index (χ1v) is 11.5. The van der Waals surface area contributed by atoms with Crippen molar-refractivity contribution in [1.82, 2.24) is 0 Å². The van der Waals surface area contributed by atoms with Crippen LogP contribution in [0.5, 0.6) is 0 Å². The molecule has 0 spiro atoms. The molecule has 0 saturated heterocycles. The van der Waals surface area contributed by atoms with Crippen molar-refractivity contribution in [2.24, 2.45) is 7.05 Å². The Morgan fingerprint density at radius 1 is 0.839 bits per heavy atom. The van der Waals surface area contributed by atoms with Crippen molar-refractivity contribution in [3.05, 3.63) is 78.0 Å². The summed E-state index contributed by atoms with van der Waals surface area (Å²) in [6, 6.07) is 22.2. The quantitative estimate of drug-likeness (QED) is 0.276. The fourth-order valence-electron chi connectivity index (χ4n) is 5.47. The molecule has 1 fully saturated rings. The summed E-state index contributed by atoms with van der Waals surface area (Å²) in [4.78, 5) is 0. The predicted octanol–water partition coefficient (Wildman–Crippen LogP) is 7.59. The second-order valence-electron chi connectivity index (χ2n) is 9.22. The molecule has 2 heterocycles. The van der Waals surface area contributed by atoms with Crippen molar-refractivity contribution >= 4 is 32.7 Å². The Morgan fingerprint density at radius 2 is 1.61 bits per heavy atom. The molecule has 3 aromatic carbocycles. The van der Waals surface area contributed by atoms with Gasteiger partial charge in [-0.15, -0.1) is 0 Å². The Hall–Kier alpha value is -3.13. The Bertz CT molecular complexity index is 1440. The topological polar surface area (TPSA) is 17.0 Å². The largest absolute Gasteiger partial charge is 0.455 e. The highest BCUT2D eigenvalue weighted by molar-refractivity contribution is 6.13. The van der Waals surface area contributed by atoms with Gasteiger partial charge >= 0.3 is 0 Å². The number of aromatic nitrogens is 1. The van der Waals surface area contributed by atoms with E-state index < -0.39 is 0 Å². The van der Waals surface area contributed by atoms with E-state index in [1.807, 2.05) is 0 Å². The second-order valence-corrected chi connectivity index (χ2v) is 9.22. The lowest BCUT2D eigenvalue weighted by molar-refractivity contribution is -0.660. The molecule has 2 nitrogen and oxygen atoms in total. The van der Waals surface area contributed by atoms with Crippen LogP contribution in [0.3, 0.4) is 0 Å². The molecule has 1 saturated carbocycles. The minimum absolute atomic E-state index is 0.689. The van der Waals surface area contributed by atoms with Crippen LogP contribution in [-0.4, -0.2) is 0 Å². The zero-order chi connectivity index (χ0) is 20.9. The molecular formula is C29H28NO+. The van der Waals surface area contributed by atoms with E-state index in [4.69, 9.17) is 4.42 Å². The SMILES string of the molecule is Cc1ccc2c(oc3cc4ccccc4cc32)c1-c1cc(C2CCCCC2)cc[n+]1C. The number of rotatable bonds is 2. The maximum atomic E-state index is 6.55. The standard InChI is InChI=1S/C29H28NO/c1-19-12-13-24-25-16-21-10-6-7-11-22(21)18-27(25)31-29(24)28(19)26-17-23(14-15-30(26)2)20-8-4-3-5-9-20/h6-7,10-18,20H,3-5,8-9H2,1-2H3/q+1. The fourth-order valence-corrected chi connectivity index (χ4v) is 5.47. The van der Waals surface area contributed by atoms with E-state index in [1.165, 1.54) is 76.0 Å². The summed E-state index contributed by atoms with van der Waals surface area (Å²) < 4.78 is 8.80. The van der Waals surface area contributed by atoms with Crippen molar-refractivity contribution in [3.63, 3.8) is 0 Å². The molecule has 0 atom stereocenters. The molecule has 1 aliphatic carbocycles. The van der Waals surface area contributed by atoms with Gasteiger partial charge in [0.2, 0.25) is 5.69 Å². The third kappa shape index (κ3) is 3.05. The molecule has 0 amide bonds. The van der Waals surface area contributed by atoms with Crippen LogP contribution in [-0.2, 0) is 7.05 Å². The molecule has 154 valence electrons. The number of benzene rings is 3. The molecule has 1 aliphatic rings. The molecule has 0 N–H and O–H groups in total. The van der Waals surface area contributed by atoms with Gasteiger partial charge in [-0.05, 0) is 59.7 Å². The summed E-state index contributed by atoms with van der Waals surface area (Å²) in [5.74, 6) is 0.689. The normalized spacial score (nSPS) is 15.3. The molecule has 5 aromatic rings. The smallest absolute Gasteiger partial charge is 0.216 e. The zero-order valence-corrected chi connectivity index (χ0v) is 18.3. The molecule has 31 heavy (non-hydrogen) atoms. The van der Waals surface area contributed by atoms with Crippen LogP contribution in [0.25, 0.3) is 44.0 Å². The Labute approximate surface area is 183 Å². The van der Waals surface area contributed by atoms with Crippen molar-refractivity contribution in [2.75, 3.05) is 0 Å². The number of furan rings is 1. The molecule has 6 rings (SSSR count). The lowest BCUT2D eigenvalue weighted by Crippen LogP contribution is -2.31. The van der Waals surface area contributed by atoms with E-state index >= 15 is 0 Å². The average Bonchev–Trinajstić information content (AvgIpc) is 3.16. The number of hydrogen-bond acceptors (Lipinski definition) is 1. The van der Waals surface area contributed by atoms with E-state index in [0.717, 1.165) is 11.2 Å². The first kappa shape index (κ1) is 18.6. The highest BCUT2D eigenvalue weighted by Gasteiger charge is 2.24. The Kier molecular flexibility index (Phi) is 4.34. The Morgan fingerprint density at radius 3 is 2.42 bits per heavy atom. The van der Waals surface area contributed by atoms with Crippen LogP contribution in [0.4, 0.5) is 0 Å². The molecule has 0 bridgehead atoms. The van der Waals surface area contributed by atoms with Crippen molar-refractivity contribution in [3.8, 4) is 11.3 Å². The van der Waals surface area contributed by atoms with Crippen LogP contribution in [0, 0.1) is 6.92 Å². The van der Waals surface area contributed by atoms with Crippen LogP contribution in [0.1, 0.15) is 49.1 Å². The van der Waals surface area contributed by atoms with Gasteiger partial charge in [-0.25, -0.2) is 4.57 Å². The summed E-state index contributed by atoms with van der Waals surface area (Å²) >= 11 is 0. The highest BCUT2D eigenvalue weighted by atomic mass is 16.3. The minimum atomic E-state index is 0.689. The minimum Gasteiger partial charge on any atom is -0.455 e. The molecule has 2 aromatic heterocycles. The van der Waals surface area contributed by atoms with Crippen molar-refractivity contribution in [2.45, 2.75) is 44.9 Å². The zero-order valence-electron chi connectivity index (χ0n) is 18.3. The third-order valence-electron chi connectivity index (χ3n) is 7.22. The van der Waals surface area contributed by atoms with Gasteiger partial charge in [0, 0.05) is 22.9 Å². The average molecular weight is 407 g/mol. The molecular weight excluding hydrogens is 378 g/mol. The van der Waals surface area contributed by atoms with Gasteiger partial charge in [0.25, 0.3) is 0 Å². The lowest BCUT2D eigenvalue weighted by atomic mass is 9.84. The molecule has 0 radical (unpaired) electrons. The monoisotopic (exact) mass is 406 g/mol. The third-order valence-corrected chi connectivity index (χ3v) is 7.22. The fraction of sp³-hybridized carbons (Fsp3) is 0.276. The van der Waals surface area contributed by atoms with Gasteiger partial charge in [0.15, 0.2) is 6.20 Å². The van der Waals surface area contributed by atoms with Gasteiger partial charge < -0.3 is 4.42 Å². The predicted molar refractivity (Wildman–Crippen MR) is 128 cm³/mol. The first-order valence-electron chi connectivity index (χ1n) is 11.5. The van der Waals surface area contributed by atoms with Gasteiger partial charge in [0.05, 0.1) is 5.56 Å². The summed E-state index contributed by atoms with van der Waals surface area (Å²) in [5, 5.41) is 4.87. The van der Waals surface area contributed by atoms with E-state index in [9.17, 15) is 0 Å². The van der Waals surface area contributed by atoms with Crippen molar-refractivity contribution < 1.29 is 8.98 Å². The van der Waals surface area contributed by atoms with Gasteiger partial charge in [0.1, 0.15) is 18.2 Å². The molecule has 2 heteroatoms. The summed E-state index contributed by atoms with van der Waals surface area (Å²) in [7, 11) is 2.15. The van der Waals surface area contributed by atoms with Crippen LogP contribution in [0.15, 0.2) is 71.3 Å². The summed E-state index contributed by atoms with van der Waals surface area (Å²) in [6.45, 7) is 2.20. The number of hydrogen-bond donors (Lipinski definition) is 0. The maximum absolute atomic E-state index is 6.55. The lowest BCUT2D eigenvalue weighted by Gasteiger charge is -2.21. The molecule has 0 aliphatic heterocycles.